The van der Waals surface area contributed by atoms with Crippen molar-refractivity contribution in [2.75, 3.05) is 50.1 Å². The van der Waals surface area contributed by atoms with Crippen molar-refractivity contribution in [2.24, 2.45) is 0 Å². The van der Waals surface area contributed by atoms with Crippen molar-refractivity contribution in [1.29, 1.82) is 0 Å². The number of ether oxygens (including phenoxy) is 2. The summed E-state index contributed by atoms with van der Waals surface area (Å²) in [6.07, 6.45) is 3.99. The third kappa shape index (κ3) is 6.69. The summed E-state index contributed by atoms with van der Waals surface area (Å²) in [5, 5.41) is 13.6. The lowest BCUT2D eigenvalue weighted by atomic mass is 10.1. The van der Waals surface area contributed by atoms with Crippen LogP contribution in [0.15, 0.2) is 64.4 Å². The lowest BCUT2D eigenvalue weighted by Crippen LogP contribution is -2.29. The standard InChI is InChI=1S/C31H33F2N5O5S/c32-20-15-21(33)17-25(16-20)44(40,41)24-4-6-28-27(19-24)30(37-36-28)35-31(39)26-5-3-23(43-14-11-38-9-1-2-10-38)18-29(26)34-22-7-12-42-13-8-22/h3-6,15-19,22,34H,1-2,7-14H2,(H2,35,36,37,39). The number of nitrogens with one attached hydrogen (secondary N) is 3. The topological polar surface area (TPSA) is 126 Å². The van der Waals surface area contributed by atoms with Gasteiger partial charge in [-0.1, -0.05) is 0 Å². The zero-order valence-electron chi connectivity index (χ0n) is 23.9. The van der Waals surface area contributed by atoms with Gasteiger partial charge in [0.2, 0.25) is 9.84 Å². The molecule has 0 atom stereocenters. The number of nitrogens with zero attached hydrogens (tertiary/aromatic N) is 2. The molecule has 0 bridgehead atoms. The number of carbonyl (C=O) groups is 1. The van der Waals surface area contributed by atoms with E-state index in [0.29, 0.717) is 53.8 Å². The summed E-state index contributed by atoms with van der Waals surface area (Å²) in [6, 6.07) is 11.6. The first-order chi connectivity index (χ1) is 21.3. The minimum Gasteiger partial charge on any atom is -0.492 e. The number of rotatable bonds is 10. The molecule has 0 saturated carbocycles. The second kappa shape index (κ2) is 12.9. The molecule has 44 heavy (non-hydrogen) atoms. The van der Waals surface area contributed by atoms with E-state index in [4.69, 9.17) is 9.47 Å². The number of hydrogen-bond acceptors (Lipinski definition) is 8. The summed E-state index contributed by atoms with van der Waals surface area (Å²) in [7, 11) is -4.26. The van der Waals surface area contributed by atoms with Gasteiger partial charge in [-0.3, -0.25) is 14.8 Å². The molecular weight excluding hydrogens is 592 g/mol. The molecule has 1 amide bonds. The van der Waals surface area contributed by atoms with Crippen LogP contribution in [0.1, 0.15) is 36.0 Å². The molecular formula is C31H33F2N5O5S. The van der Waals surface area contributed by atoms with Crippen LogP contribution in [-0.4, -0.2) is 74.9 Å². The lowest BCUT2D eigenvalue weighted by Gasteiger charge is -2.25. The van der Waals surface area contributed by atoms with E-state index in [9.17, 15) is 22.0 Å². The molecule has 0 aliphatic carbocycles. The largest absolute Gasteiger partial charge is 0.492 e. The molecule has 3 aromatic carbocycles. The number of aromatic nitrogens is 2. The molecule has 13 heteroatoms. The number of benzene rings is 3. The minimum atomic E-state index is -4.26. The monoisotopic (exact) mass is 625 g/mol. The number of aromatic amines is 1. The number of likely N-dealkylation sites (tertiary alicyclic amines) is 1. The fraction of sp³-hybridized carbons (Fsp3) is 0.355. The summed E-state index contributed by atoms with van der Waals surface area (Å²) in [6.45, 7) is 4.78. The van der Waals surface area contributed by atoms with E-state index < -0.39 is 32.3 Å². The molecule has 0 spiro atoms. The summed E-state index contributed by atoms with van der Waals surface area (Å²) in [5.41, 5.74) is 1.43. The molecule has 2 aliphatic rings. The van der Waals surface area contributed by atoms with Crippen LogP contribution in [0, 0.1) is 11.6 Å². The third-order valence-corrected chi connectivity index (χ3v) is 9.65. The van der Waals surface area contributed by atoms with E-state index in [0.717, 1.165) is 44.6 Å². The normalized spacial score (nSPS) is 16.3. The Morgan fingerprint density at radius 3 is 2.50 bits per heavy atom. The minimum absolute atomic E-state index is 0.107. The SMILES string of the molecule is O=C(Nc1n[nH]c2ccc(S(=O)(=O)c3cc(F)cc(F)c3)cc12)c1ccc(OCCN2CCCC2)cc1NC1CCOCC1. The molecule has 2 fully saturated rings. The quantitative estimate of drug-likeness (QED) is 0.225. The second-order valence-electron chi connectivity index (χ2n) is 11.0. The van der Waals surface area contributed by atoms with E-state index in [1.54, 1.807) is 12.1 Å². The maximum Gasteiger partial charge on any atom is 0.258 e. The van der Waals surface area contributed by atoms with Gasteiger partial charge in [0.25, 0.3) is 5.91 Å². The summed E-state index contributed by atoms with van der Waals surface area (Å²) < 4.78 is 65.5. The molecule has 6 rings (SSSR count). The van der Waals surface area contributed by atoms with Crippen molar-refractivity contribution in [2.45, 2.75) is 41.5 Å². The smallest absolute Gasteiger partial charge is 0.258 e. The van der Waals surface area contributed by atoms with Gasteiger partial charge in [0, 0.05) is 43.3 Å². The van der Waals surface area contributed by atoms with Gasteiger partial charge < -0.3 is 20.1 Å². The Morgan fingerprint density at radius 2 is 1.75 bits per heavy atom. The summed E-state index contributed by atoms with van der Waals surface area (Å²) >= 11 is 0. The highest BCUT2D eigenvalue weighted by molar-refractivity contribution is 7.91. The maximum atomic E-state index is 13.8. The number of halogens is 2. The molecule has 2 aliphatic heterocycles. The lowest BCUT2D eigenvalue weighted by molar-refractivity contribution is 0.0904. The van der Waals surface area contributed by atoms with Gasteiger partial charge in [0.05, 0.1) is 26.6 Å². The van der Waals surface area contributed by atoms with E-state index in [1.807, 2.05) is 6.07 Å². The van der Waals surface area contributed by atoms with Crippen LogP contribution in [0.4, 0.5) is 20.3 Å². The molecule has 2 saturated heterocycles. The highest BCUT2D eigenvalue weighted by atomic mass is 32.2. The fourth-order valence-corrected chi connectivity index (χ4v) is 6.87. The van der Waals surface area contributed by atoms with E-state index in [-0.39, 0.29) is 16.8 Å². The Hall–Kier alpha value is -4.07. The van der Waals surface area contributed by atoms with Crippen molar-refractivity contribution in [3.8, 4) is 5.75 Å². The molecule has 3 heterocycles. The van der Waals surface area contributed by atoms with Crippen LogP contribution in [-0.2, 0) is 14.6 Å². The number of fused-ring (bicyclic) bond motifs is 1. The van der Waals surface area contributed by atoms with Gasteiger partial charge in [-0.2, -0.15) is 5.10 Å². The zero-order chi connectivity index (χ0) is 30.7. The highest BCUT2D eigenvalue weighted by Crippen LogP contribution is 2.30. The van der Waals surface area contributed by atoms with Crippen molar-refractivity contribution in [3.05, 3.63) is 71.8 Å². The first-order valence-electron chi connectivity index (χ1n) is 14.6. The predicted molar refractivity (Wildman–Crippen MR) is 161 cm³/mol. The number of hydrogen-bond donors (Lipinski definition) is 3. The van der Waals surface area contributed by atoms with Crippen LogP contribution in [0.25, 0.3) is 10.9 Å². The fourth-order valence-electron chi connectivity index (χ4n) is 5.54. The molecule has 232 valence electrons. The number of amides is 1. The zero-order valence-corrected chi connectivity index (χ0v) is 24.8. The molecule has 3 N–H and O–H groups in total. The van der Waals surface area contributed by atoms with Gasteiger partial charge >= 0.3 is 0 Å². The van der Waals surface area contributed by atoms with Gasteiger partial charge in [0.15, 0.2) is 5.82 Å². The van der Waals surface area contributed by atoms with Crippen molar-refractivity contribution < 1.29 is 31.5 Å². The number of H-pyrrole nitrogens is 1. The van der Waals surface area contributed by atoms with Gasteiger partial charge in [0.1, 0.15) is 24.0 Å². The van der Waals surface area contributed by atoms with Crippen LogP contribution in [0.2, 0.25) is 0 Å². The first kappa shape index (κ1) is 30.0. The Bertz CT molecular complexity index is 1750. The summed E-state index contributed by atoms with van der Waals surface area (Å²) in [4.78, 5) is 15.3. The second-order valence-corrected chi connectivity index (χ2v) is 12.9. The van der Waals surface area contributed by atoms with Crippen LogP contribution >= 0.6 is 0 Å². The molecule has 0 radical (unpaired) electrons. The Morgan fingerprint density at radius 1 is 1.00 bits per heavy atom. The molecule has 4 aromatic rings. The van der Waals surface area contributed by atoms with E-state index in [1.165, 1.54) is 31.0 Å². The van der Waals surface area contributed by atoms with Crippen molar-refractivity contribution >= 4 is 38.2 Å². The maximum absolute atomic E-state index is 13.8. The number of sulfone groups is 1. The molecule has 1 aromatic heterocycles. The van der Waals surface area contributed by atoms with Crippen molar-refractivity contribution in [1.82, 2.24) is 15.1 Å². The Kier molecular flexibility index (Phi) is 8.78. The van der Waals surface area contributed by atoms with Gasteiger partial charge in [-0.25, -0.2) is 17.2 Å². The van der Waals surface area contributed by atoms with Gasteiger partial charge in [-0.15, -0.1) is 0 Å². The van der Waals surface area contributed by atoms with Crippen molar-refractivity contribution in [3.63, 3.8) is 0 Å². The Balaban J connectivity index is 1.25. The number of carbonyl (C=O) groups excluding carboxylic acids is 1. The summed E-state index contributed by atoms with van der Waals surface area (Å²) in [5.74, 6) is -1.72. The van der Waals surface area contributed by atoms with Gasteiger partial charge in [-0.05, 0) is 81.2 Å². The average molecular weight is 626 g/mol. The van der Waals surface area contributed by atoms with E-state index in [2.05, 4.69) is 25.7 Å². The Labute approximate surface area is 253 Å². The number of anilines is 2. The average Bonchev–Trinajstić information content (AvgIpc) is 3.67. The van der Waals surface area contributed by atoms with E-state index >= 15 is 0 Å². The molecule has 0 unspecified atom stereocenters. The third-order valence-electron chi connectivity index (χ3n) is 7.91. The molecule has 10 nitrogen and oxygen atoms in total. The van der Waals surface area contributed by atoms with Crippen LogP contribution < -0.4 is 15.4 Å². The van der Waals surface area contributed by atoms with Crippen LogP contribution in [0.5, 0.6) is 5.75 Å². The predicted octanol–water partition coefficient (Wildman–Crippen LogP) is 4.99. The van der Waals surface area contributed by atoms with Crippen LogP contribution in [0.3, 0.4) is 0 Å². The first-order valence-corrected chi connectivity index (χ1v) is 16.1. The highest BCUT2D eigenvalue weighted by Gasteiger charge is 2.23.